The van der Waals surface area contributed by atoms with Gasteiger partial charge in [-0.2, -0.15) is 0 Å². The molecule has 5 rings (SSSR count). The summed E-state index contributed by atoms with van der Waals surface area (Å²) in [6, 6.07) is 13.7. The Hall–Kier alpha value is -2.86. The van der Waals surface area contributed by atoms with E-state index < -0.39 is 0 Å². The summed E-state index contributed by atoms with van der Waals surface area (Å²) < 4.78 is 0. The lowest BCUT2D eigenvalue weighted by Gasteiger charge is -2.19. The third kappa shape index (κ3) is 3.16. The standard InChI is InChI=1S/C30H30/c1-19-7-5-8-20(2)29(19)23-11-12-24-17-25-13-14-26(18-28(25)27(24)16-15-23)30-21(3)9-6-10-22(30)4/h6-7,9-15,18H,5,8,16-17H2,1-4H3. The predicted octanol–water partition coefficient (Wildman–Crippen LogP) is 8.22. The summed E-state index contributed by atoms with van der Waals surface area (Å²) in [6.45, 7) is 9.02. The average molecular weight is 391 g/mol. The summed E-state index contributed by atoms with van der Waals surface area (Å²) in [6.07, 6.45) is 14.1. The van der Waals surface area contributed by atoms with Crippen LogP contribution in [-0.4, -0.2) is 0 Å². The van der Waals surface area contributed by atoms with Crippen molar-refractivity contribution >= 4 is 5.57 Å². The second-order valence-corrected chi connectivity index (χ2v) is 9.10. The van der Waals surface area contributed by atoms with Crippen molar-refractivity contribution in [3.05, 3.63) is 111 Å². The molecule has 0 bridgehead atoms. The van der Waals surface area contributed by atoms with Gasteiger partial charge in [0.25, 0.3) is 0 Å². The second-order valence-electron chi connectivity index (χ2n) is 9.10. The molecule has 0 saturated carbocycles. The molecule has 0 radical (unpaired) electrons. The van der Waals surface area contributed by atoms with Crippen LogP contribution in [0.5, 0.6) is 0 Å². The SMILES string of the molecule is CC1=CCCC(C)=C1C1=CCC2=C(C=C1)Cc1ccc(-c3c(C)cccc3C)cc12. The minimum absolute atomic E-state index is 1.02. The summed E-state index contributed by atoms with van der Waals surface area (Å²) in [7, 11) is 0. The van der Waals surface area contributed by atoms with E-state index in [-0.39, 0.29) is 0 Å². The summed E-state index contributed by atoms with van der Waals surface area (Å²) >= 11 is 0. The third-order valence-corrected chi connectivity index (χ3v) is 7.04. The molecule has 2 aromatic rings. The molecular weight excluding hydrogens is 360 g/mol. The molecule has 0 spiro atoms. The van der Waals surface area contributed by atoms with E-state index in [2.05, 4.69) is 88.4 Å². The van der Waals surface area contributed by atoms with Gasteiger partial charge in [0, 0.05) is 0 Å². The molecule has 0 fully saturated rings. The zero-order chi connectivity index (χ0) is 20.8. The Bertz CT molecular complexity index is 1180. The molecule has 2 aromatic carbocycles. The Morgan fingerprint density at radius 3 is 2.40 bits per heavy atom. The van der Waals surface area contributed by atoms with Crippen LogP contribution in [0.2, 0.25) is 0 Å². The molecule has 0 nitrogen and oxygen atoms in total. The highest BCUT2D eigenvalue weighted by molar-refractivity contribution is 5.84. The Balaban J connectivity index is 1.53. The highest BCUT2D eigenvalue weighted by Crippen LogP contribution is 2.42. The molecule has 0 N–H and O–H groups in total. The van der Waals surface area contributed by atoms with Crippen LogP contribution in [0.4, 0.5) is 0 Å². The molecule has 0 amide bonds. The van der Waals surface area contributed by atoms with Crippen LogP contribution >= 0.6 is 0 Å². The van der Waals surface area contributed by atoms with Crippen molar-refractivity contribution in [1.82, 2.24) is 0 Å². The number of benzene rings is 2. The van der Waals surface area contributed by atoms with Gasteiger partial charge in [-0.1, -0.05) is 60.2 Å². The van der Waals surface area contributed by atoms with Gasteiger partial charge in [0.05, 0.1) is 0 Å². The Morgan fingerprint density at radius 1 is 0.833 bits per heavy atom. The first-order chi connectivity index (χ1) is 14.5. The summed E-state index contributed by atoms with van der Waals surface area (Å²) in [5.74, 6) is 0. The average Bonchev–Trinajstić information content (AvgIpc) is 2.93. The van der Waals surface area contributed by atoms with E-state index in [9.17, 15) is 0 Å². The lowest BCUT2D eigenvalue weighted by Crippen LogP contribution is -1.99. The van der Waals surface area contributed by atoms with Crippen LogP contribution in [-0.2, 0) is 6.42 Å². The van der Waals surface area contributed by atoms with Crippen molar-refractivity contribution in [3.63, 3.8) is 0 Å². The molecule has 0 aromatic heterocycles. The zero-order valence-electron chi connectivity index (χ0n) is 18.6. The summed E-state index contributed by atoms with van der Waals surface area (Å²) in [4.78, 5) is 0. The van der Waals surface area contributed by atoms with Crippen molar-refractivity contribution in [1.29, 1.82) is 0 Å². The van der Waals surface area contributed by atoms with Crippen LogP contribution in [0, 0.1) is 13.8 Å². The van der Waals surface area contributed by atoms with Gasteiger partial charge in [-0.05, 0) is 121 Å². The molecule has 3 aliphatic carbocycles. The molecule has 150 valence electrons. The first-order valence-corrected chi connectivity index (χ1v) is 11.2. The van der Waals surface area contributed by atoms with Crippen LogP contribution < -0.4 is 0 Å². The summed E-state index contributed by atoms with van der Waals surface area (Å²) in [5.41, 5.74) is 17.2. The number of allylic oxidation sites excluding steroid dienone is 10. The van der Waals surface area contributed by atoms with Gasteiger partial charge >= 0.3 is 0 Å². The normalized spacial score (nSPS) is 18.1. The van der Waals surface area contributed by atoms with Gasteiger partial charge in [0.1, 0.15) is 0 Å². The van der Waals surface area contributed by atoms with E-state index in [0.29, 0.717) is 0 Å². The maximum absolute atomic E-state index is 2.46. The second kappa shape index (κ2) is 7.43. The number of aryl methyl sites for hydroxylation is 2. The molecule has 0 aliphatic heterocycles. The van der Waals surface area contributed by atoms with E-state index in [0.717, 1.165) is 12.8 Å². The third-order valence-electron chi connectivity index (χ3n) is 7.04. The minimum Gasteiger partial charge on any atom is -0.0807 e. The summed E-state index contributed by atoms with van der Waals surface area (Å²) in [5, 5.41) is 0. The van der Waals surface area contributed by atoms with Gasteiger partial charge in [0.15, 0.2) is 0 Å². The molecule has 30 heavy (non-hydrogen) atoms. The van der Waals surface area contributed by atoms with Crippen molar-refractivity contribution in [2.24, 2.45) is 0 Å². The number of hydrogen-bond acceptors (Lipinski definition) is 0. The maximum Gasteiger partial charge on any atom is -0.00167 e. The molecule has 3 aliphatic rings. The number of rotatable bonds is 2. The van der Waals surface area contributed by atoms with Gasteiger partial charge in [0.2, 0.25) is 0 Å². The highest BCUT2D eigenvalue weighted by Gasteiger charge is 2.23. The molecular formula is C30H30. The van der Waals surface area contributed by atoms with E-state index in [1.165, 1.54) is 79.7 Å². The topological polar surface area (TPSA) is 0 Å². The minimum atomic E-state index is 1.02. The molecule has 0 atom stereocenters. The van der Waals surface area contributed by atoms with E-state index >= 15 is 0 Å². The van der Waals surface area contributed by atoms with Crippen LogP contribution in [0.15, 0.2) is 88.6 Å². The Labute approximate surface area is 181 Å². The number of hydrogen-bond donors (Lipinski definition) is 0. The monoisotopic (exact) mass is 390 g/mol. The van der Waals surface area contributed by atoms with Gasteiger partial charge < -0.3 is 0 Å². The first-order valence-electron chi connectivity index (χ1n) is 11.2. The van der Waals surface area contributed by atoms with Crippen LogP contribution in [0.25, 0.3) is 16.7 Å². The van der Waals surface area contributed by atoms with Crippen LogP contribution in [0.1, 0.15) is 55.4 Å². The lowest BCUT2D eigenvalue weighted by molar-refractivity contribution is 0.924. The Kier molecular flexibility index (Phi) is 4.74. The van der Waals surface area contributed by atoms with Gasteiger partial charge in [-0.15, -0.1) is 0 Å². The molecule has 0 unspecified atom stereocenters. The molecule has 0 heteroatoms. The van der Waals surface area contributed by atoms with Crippen LogP contribution in [0.3, 0.4) is 0 Å². The van der Waals surface area contributed by atoms with Crippen molar-refractivity contribution < 1.29 is 0 Å². The van der Waals surface area contributed by atoms with Crippen molar-refractivity contribution in [2.45, 2.75) is 53.4 Å². The zero-order valence-corrected chi connectivity index (χ0v) is 18.6. The Morgan fingerprint density at radius 2 is 1.63 bits per heavy atom. The number of fused-ring (bicyclic) bond motifs is 2. The fourth-order valence-electron chi connectivity index (χ4n) is 5.52. The fourth-order valence-corrected chi connectivity index (χ4v) is 5.52. The smallest absolute Gasteiger partial charge is 0.00167 e. The van der Waals surface area contributed by atoms with E-state index in [4.69, 9.17) is 0 Å². The van der Waals surface area contributed by atoms with Gasteiger partial charge in [-0.3, -0.25) is 0 Å². The first kappa shape index (κ1) is 19.1. The largest absolute Gasteiger partial charge is 0.0807 e. The maximum atomic E-state index is 2.46. The molecule has 0 saturated heterocycles. The predicted molar refractivity (Wildman–Crippen MR) is 130 cm³/mol. The quantitative estimate of drug-likeness (QED) is 0.484. The lowest BCUT2D eigenvalue weighted by atomic mass is 9.86. The van der Waals surface area contributed by atoms with E-state index in [1.54, 1.807) is 0 Å². The molecule has 0 heterocycles. The fraction of sp³-hybridized carbons (Fsp3) is 0.267. The van der Waals surface area contributed by atoms with Crippen molar-refractivity contribution in [3.8, 4) is 11.1 Å². The van der Waals surface area contributed by atoms with E-state index in [1.807, 2.05) is 0 Å². The van der Waals surface area contributed by atoms with Crippen molar-refractivity contribution in [2.75, 3.05) is 0 Å². The highest BCUT2D eigenvalue weighted by atomic mass is 14.3. The van der Waals surface area contributed by atoms with Gasteiger partial charge in [-0.25, -0.2) is 0 Å².